The van der Waals surface area contributed by atoms with Crippen LogP contribution < -0.4 is 11.1 Å². The molecule has 1 heterocycles. The molecule has 0 atom stereocenters. The summed E-state index contributed by atoms with van der Waals surface area (Å²) in [6, 6.07) is 0. The summed E-state index contributed by atoms with van der Waals surface area (Å²) in [5.41, 5.74) is 4.66. The quantitative estimate of drug-likeness (QED) is 0.579. The zero-order valence-corrected chi connectivity index (χ0v) is 8.77. The second-order valence-electron chi connectivity index (χ2n) is 3.89. The molecule has 0 fully saturated rings. The van der Waals surface area contributed by atoms with E-state index in [4.69, 9.17) is 10.8 Å². The number of anilines is 1. The van der Waals surface area contributed by atoms with Crippen LogP contribution in [0.4, 0.5) is 5.95 Å². The van der Waals surface area contributed by atoms with Gasteiger partial charge in [0.1, 0.15) is 12.9 Å². The van der Waals surface area contributed by atoms with Crippen LogP contribution in [0.5, 0.6) is 0 Å². The minimum atomic E-state index is -0.636. The minimum Gasteiger partial charge on any atom is -0.394 e. The third kappa shape index (κ3) is 3.55. The number of nitrogens with one attached hydrogen (secondary N) is 1. The van der Waals surface area contributed by atoms with Crippen molar-refractivity contribution in [3.8, 4) is 0 Å². The molecule has 0 aliphatic heterocycles. The molecule has 0 saturated heterocycles. The van der Waals surface area contributed by atoms with Crippen LogP contribution in [-0.4, -0.2) is 37.9 Å². The lowest BCUT2D eigenvalue weighted by molar-refractivity contribution is -0.123. The number of amides is 1. The maximum Gasteiger partial charge on any atom is 0.242 e. The van der Waals surface area contributed by atoms with Crippen molar-refractivity contribution in [2.45, 2.75) is 25.9 Å². The molecule has 0 spiro atoms. The maximum absolute atomic E-state index is 11.4. The average Bonchev–Trinajstić information content (AvgIpc) is 2.50. The summed E-state index contributed by atoms with van der Waals surface area (Å²) in [5, 5.41) is 15.4. The summed E-state index contributed by atoms with van der Waals surface area (Å²) < 4.78 is 1.33. The van der Waals surface area contributed by atoms with Gasteiger partial charge in [0.15, 0.2) is 0 Å². The lowest BCUT2D eigenvalue weighted by Crippen LogP contribution is -2.47. The van der Waals surface area contributed by atoms with Gasteiger partial charge in [-0.25, -0.2) is 9.67 Å². The number of aliphatic hydroxyl groups excluding tert-OH is 1. The Kier molecular flexibility index (Phi) is 3.25. The standard InChI is InChI=1S/C8H15N5O2/c1-8(2,4-14)11-6(15)3-13-5-10-7(9)12-13/h5,14H,3-4H2,1-2H3,(H2,9,12)(H,11,15). The second-order valence-corrected chi connectivity index (χ2v) is 3.89. The first-order chi connectivity index (χ1) is 6.93. The number of carbonyl (C=O) groups excluding carboxylic acids is 1. The van der Waals surface area contributed by atoms with Crippen LogP contribution in [-0.2, 0) is 11.3 Å². The Morgan fingerprint density at radius 3 is 2.87 bits per heavy atom. The summed E-state index contributed by atoms with van der Waals surface area (Å²) >= 11 is 0. The molecule has 1 aromatic rings. The smallest absolute Gasteiger partial charge is 0.242 e. The van der Waals surface area contributed by atoms with E-state index in [9.17, 15) is 4.79 Å². The third-order valence-electron chi connectivity index (χ3n) is 1.73. The monoisotopic (exact) mass is 213 g/mol. The molecule has 0 unspecified atom stereocenters. The van der Waals surface area contributed by atoms with Gasteiger partial charge in [0.05, 0.1) is 12.1 Å². The van der Waals surface area contributed by atoms with Gasteiger partial charge in [-0.15, -0.1) is 5.10 Å². The minimum absolute atomic E-state index is 0.0353. The highest BCUT2D eigenvalue weighted by Gasteiger charge is 2.19. The predicted octanol–water partition coefficient (Wildman–Crippen LogP) is -1.25. The van der Waals surface area contributed by atoms with Crippen molar-refractivity contribution >= 4 is 11.9 Å². The normalized spacial score (nSPS) is 11.4. The first-order valence-corrected chi connectivity index (χ1v) is 4.50. The lowest BCUT2D eigenvalue weighted by atomic mass is 10.1. The molecule has 1 aromatic heterocycles. The first-order valence-electron chi connectivity index (χ1n) is 4.50. The Hall–Kier alpha value is -1.63. The van der Waals surface area contributed by atoms with Gasteiger partial charge in [-0.05, 0) is 13.8 Å². The van der Waals surface area contributed by atoms with Gasteiger partial charge in [0.25, 0.3) is 0 Å². The Balaban J connectivity index is 2.50. The number of nitrogen functional groups attached to an aromatic ring is 1. The average molecular weight is 213 g/mol. The fourth-order valence-electron chi connectivity index (χ4n) is 0.989. The number of hydrogen-bond acceptors (Lipinski definition) is 5. The van der Waals surface area contributed by atoms with Crippen molar-refractivity contribution in [2.24, 2.45) is 0 Å². The molecule has 15 heavy (non-hydrogen) atoms. The number of rotatable bonds is 4. The van der Waals surface area contributed by atoms with Gasteiger partial charge in [-0.2, -0.15) is 0 Å². The maximum atomic E-state index is 11.4. The van der Waals surface area contributed by atoms with E-state index < -0.39 is 5.54 Å². The molecule has 1 rings (SSSR count). The summed E-state index contributed by atoms with van der Waals surface area (Å²) in [5.74, 6) is -0.122. The van der Waals surface area contributed by atoms with E-state index >= 15 is 0 Å². The summed E-state index contributed by atoms with van der Waals surface area (Å²) in [4.78, 5) is 15.1. The van der Waals surface area contributed by atoms with E-state index in [0.29, 0.717) is 0 Å². The number of hydrogen-bond donors (Lipinski definition) is 3. The van der Waals surface area contributed by atoms with Crippen LogP contribution in [0.3, 0.4) is 0 Å². The molecule has 0 aliphatic carbocycles. The molecule has 0 saturated carbocycles. The zero-order valence-electron chi connectivity index (χ0n) is 8.77. The van der Waals surface area contributed by atoms with Gasteiger partial charge in [0.2, 0.25) is 11.9 Å². The fourth-order valence-corrected chi connectivity index (χ4v) is 0.989. The lowest BCUT2D eigenvalue weighted by Gasteiger charge is -2.23. The highest BCUT2D eigenvalue weighted by Crippen LogP contribution is 1.99. The van der Waals surface area contributed by atoms with Gasteiger partial charge in [-0.3, -0.25) is 4.79 Å². The molecule has 0 radical (unpaired) electrons. The summed E-state index contributed by atoms with van der Waals surface area (Å²) in [7, 11) is 0. The van der Waals surface area contributed by atoms with Gasteiger partial charge >= 0.3 is 0 Å². The number of aliphatic hydroxyl groups is 1. The molecule has 7 heteroatoms. The van der Waals surface area contributed by atoms with Crippen molar-refractivity contribution < 1.29 is 9.90 Å². The Bertz CT molecular complexity index is 347. The Morgan fingerprint density at radius 2 is 2.40 bits per heavy atom. The molecule has 84 valence electrons. The number of aromatic nitrogens is 3. The van der Waals surface area contributed by atoms with Crippen LogP contribution in [0.15, 0.2) is 6.33 Å². The van der Waals surface area contributed by atoms with Crippen molar-refractivity contribution in [3.63, 3.8) is 0 Å². The van der Waals surface area contributed by atoms with Crippen LogP contribution in [0.2, 0.25) is 0 Å². The molecule has 7 nitrogen and oxygen atoms in total. The molecular formula is C8H15N5O2. The third-order valence-corrected chi connectivity index (χ3v) is 1.73. The highest BCUT2D eigenvalue weighted by atomic mass is 16.3. The Morgan fingerprint density at radius 1 is 1.73 bits per heavy atom. The van der Waals surface area contributed by atoms with E-state index in [0.717, 1.165) is 0 Å². The molecule has 0 aliphatic rings. The molecule has 0 aromatic carbocycles. The Labute approximate surface area is 87.3 Å². The van der Waals surface area contributed by atoms with E-state index in [1.807, 2.05) is 0 Å². The molecule has 0 bridgehead atoms. The van der Waals surface area contributed by atoms with E-state index in [-0.39, 0.29) is 25.0 Å². The van der Waals surface area contributed by atoms with Crippen molar-refractivity contribution in [2.75, 3.05) is 12.3 Å². The van der Waals surface area contributed by atoms with Gasteiger partial charge in [0, 0.05) is 0 Å². The molecule has 1 amide bonds. The molecular weight excluding hydrogens is 198 g/mol. The molecule has 4 N–H and O–H groups in total. The van der Waals surface area contributed by atoms with Crippen LogP contribution >= 0.6 is 0 Å². The van der Waals surface area contributed by atoms with Crippen LogP contribution in [0.1, 0.15) is 13.8 Å². The van der Waals surface area contributed by atoms with Crippen LogP contribution in [0.25, 0.3) is 0 Å². The predicted molar refractivity (Wildman–Crippen MR) is 53.7 cm³/mol. The second kappa shape index (κ2) is 4.26. The summed E-state index contributed by atoms with van der Waals surface area (Å²) in [6.45, 7) is 3.35. The number of nitrogens with two attached hydrogens (primary N) is 1. The van der Waals surface area contributed by atoms with E-state index in [1.54, 1.807) is 13.8 Å². The largest absolute Gasteiger partial charge is 0.394 e. The highest BCUT2D eigenvalue weighted by molar-refractivity contribution is 5.76. The van der Waals surface area contributed by atoms with E-state index in [1.165, 1.54) is 11.0 Å². The summed E-state index contributed by atoms with van der Waals surface area (Å²) in [6.07, 6.45) is 1.38. The number of carbonyl (C=O) groups is 1. The van der Waals surface area contributed by atoms with E-state index in [2.05, 4.69) is 15.4 Å². The zero-order chi connectivity index (χ0) is 11.5. The topological polar surface area (TPSA) is 106 Å². The van der Waals surface area contributed by atoms with Gasteiger partial charge < -0.3 is 16.2 Å². The van der Waals surface area contributed by atoms with Crippen molar-refractivity contribution in [1.82, 2.24) is 20.1 Å². The number of nitrogens with zero attached hydrogens (tertiary/aromatic N) is 3. The fraction of sp³-hybridized carbons (Fsp3) is 0.625. The first kappa shape index (κ1) is 11.4. The van der Waals surface area contributed by atoms with Crippen molar-refractivity contribution in [1.29, 1.82) is 0 Å². The van der Waals surface area contributed by atoms with Gasteiger partial charge in [-0.1, -0.05) is 0 Å². The SMILES string of the molecule is CC(C)(CO)NC(=O)Cn1cnc(N)n1. The van der Waals surface area contributed by atoms with Crippen molar-refractivity contribution in [3.05, 3.63) is 6.33 Å². The van der Waals surface area contributed by atoms with Crippen LogP contribution in [0, 0.1) is 0 Å².